The molecule has 2 rings (SSSR count). The Balaban J connectivity index is 2.22. The van der Waals surface area contributed by atoms with Crippen LogP contribution in [0.4, 0.5) is 5.69 Å². The minimum atomic E-state index is -0.413. The van der Waals surface area contributed by atoms with Crippen LogP contribution in [0.2, 0.25) is 0 Å². The molecule has 1 aromatic rings. The van der Waals surface area contributed by atoms with Crippen molar-refractivity contribution in [3.63, 3.8) is 0 Å². The van der Waals surface area contributed by atoms with Crippen LogP contribution >= 0.6 is 0 Å². The van der Waals surface area contributed by atoms with Gasteiger partial charge in [-0.15, -0.1) is 0 Å². The Morgan fingerprint density at radius 1 is 1.41 bits per heavy atom. The van der Waals surface area contributed by atoms with Crippen LogP contribution in [0.15, 0.2) is 18.2 Å². The molecule has 5 heteroatoms. The maximum atomic E-state index is 10.9. The molecule has 17 heavy (non-hydrogen) atoms. The predicted molar refractivity (Wildman–Crippen MR) is 63.9 cm³/mol. The molecule has 0 unspecified atom stereocenters. The van der Waals surface area contributed by atoms with Crippen molar-refractivity contribution < 1.29 is 9.66 Å². The normalized spacial score (nSPS) is 16.1. The molecular weight excluding hydrogens is 220 g/mol. The Kier molecular flexibility index (Phi) is 3.58. The summed E-state index contributed by atoms with van der Waals surface area (Å²) >= 11 is 0. The molecule has 0 amide bonds. The minimum Gasteiger partial charge on any atom is -0.484 e. The van der Waals surface area contributed by atoms with E-state index in [0.29, 0.717) is 12.3 Å². The smallest absolute Gasteiger partial charge is 0.311 e. The van der Waals surface area contributed by atoms with Gasteiger partial charge in [-0.2, -0.15) is 0 Å². The van der Waals surface area contributed by atoms with Crippen LogP contribution in [0.3, 0.4) is 0 Å². The van der Waals surface area contributed by atoms with Crippen molar-refractivity contribution >= 4 is 5.69 Å². The molecule has 0 saturated heterocycles. The van der Waals surface area contributed by atoms with Gasteiger partial charge in [0.2, 0.25) is 0 Å². The number of nitro benzene ring substituents is 1. The van der Waals surface area contributed by atoms with E-state index in [1.54, 1.807) is 12.1 Å². The van der Waals surface area contributed by atoms with E-state index in [-0.39, 0.29) is 11.8 Å². The van der Waals surface area contributed by atoms with E-state index < -0.39 is 4.92 Å². The Bertz CT molecular complexity index is 414. The number of hydrogen-bond acceptors (Lipinski definition) is 4. The van der Waals surface area contributed by atoms with Crippen LogP contribution in [0, 0.1) is 10.1 Å². The van der Waals surface area contributed by atoms with Crippen molar-refractivity contribution in [1.82, 2.24) is 0 Å². The quantitative estimate of drug-likeness (QED) is 0.643. The lowest BCUT2D eigenvalue weighted by Crippen LogP contribution is -2.12. The second-order valence-corrected chi connectivity index (χ2v) is 4.29. The number of nitrogens with zero attached hydrogens (tertiary/aromatic N) is 1. The lowest BCUT2D eigenvalue weighted by Gasteiger charge is -2.13. The first-order valence-corrected chi connectivity index (χ1v) is 5.84. The molecule has 1 aromatic carbocycles. The van der Waals surface area contributed by atoms with Gasteiger partial charge in [0.05, 0.1) is 11.0 Å². The fourth-order valence-corrected chi connectivity index (χ4v) is 2.12. The van der Waals surface area contributed by atoms with Crippen LogP contribution in [-0.4, -0.2) is 11.0 Å². The monoisotopic (exact) mass is 236 g/mol. The van der Waals surface area contributed by atoms with E-state index >= 15 is 0 Å². The summed E-state index contributed by atoms with van der Waals surface area (Å²) in [5.74, 6) is 0.360. The zero-order chi connectivity index (χ0) is 12.3. The van der Waals surface area contributed by atoms with Crippen molar-refractivity contribution in [2.24, 2.45) is 5.73 Å². The average molecular weight is 236 g/mol. The van der Waals surface area contributed by atoms with Gasteiger partial charge in [-0.1, -0.05) is 6.07 Å². The fourth-order valence-electron chi connectivity index (χ4n) is 2.12. The molecule has 0 radical (unpaired) electrons. The second-order valence-electron chi connectivity index (χ2n) is 4.29. The van der Waals surface area contributed by atoms with Crippen LogP contribution in [-0.2, 0) is 6.54 Å². The summed E-state index contributed by atoms with van der Waals surface area (Å²) < 4.78 is 5.68. The van der Waals surface area contributed by atoms with E-state index in [0.717, 1.165) is 31.2 Å². The van der Waals surface area contributed by atoms with Crippen molar-refractivity contribution in [2.75, 3.05) is 0 Å². The van der Waals surface area contributed by atoms with Crippen molar-refractivity contribution in [3.8, 4) is 5.75 Å². The summed E-state index contributed by atoms with van der Waals surface area (Å²) in [6, 6.07) is 4.92. The van der Waals surface area contributed by atoms with Gasteiger partial charge in [-0.3, -0.25) is 10.1 Å². The van der Waals surface area contributed by atoms with Crippen LogP contribution in [0.1, 0.15) is 31.2 Å². The summed E-state index contributed by atoms with van der Waals surface area (Å²) in [6.45, 7) is 0.296. The first-order valence-electron chi connectivity index (χ1n) is 5.84. The van der Waals surface area contributed by atoms with E-state index in [9.17, 15) is 10.1 Å². The largest absolute Gasteiger partial charge is 0.484 e. The third-order valence-electron chi connectivity index (χ3n) is 3.05. The molecule has 0 spiro atoms. The van der Waals surface area contributed by atoms with Gasteiger partial charge in [0.15, 0.2) is 5.75 Å². The SMILES string of the molecule is NCc1ccc(OC2CCCC2)c([N+](=O)[O-])c1. The van der Waals surface area contributed by atoms with Gasteiger partial charge in [0.25, 0.3) is 0 Å². The molecule has 1 saturated carbocycles. The topological polar surface area (TPSA) is 78.4 Å². The van der Waals surface area contributed by atoms with Gasteiger partial charge in [-0.25, -0.2) is 0 Å². The van der Waals surface area contributed by atoms with Gasteiger partial charge in [0, 0.05) is 12.6 Å². The standard InChI is InChI=1S/C12H16N2O3/c13-8-9-5-6-12(11(7-9)14(15)16)17-10-3-1-2-4-10/h5-7,10H,1-4,8,13H2. The van der Waals surface area contributed by atoms with Crippen molar-refractivity contribution in [1.29, 1.82) is 0 Å². The summed E-state index contributed by atoms with van der Waals surface area (Å²) in [4.78, 5) is 10.5. The van der Waals surface area contributed by atoms with Gasteiger partial charge in [-0.05, 0) is 37.3 Å². The lowest BCUT2D eigenvalue weighted by atomic mass is 10.2. The number of nitrogens with two attached hydrogens (primary N) is 1. The summed E-state index contributed by atoms with van der Waals surface area (Å²) in [6.07, 6.45) is 4.36. The Labute approximate surface area is 99.7 Å². The number of nitro groups is 1. The summed E-state index contributed by atoms with van der Waals surface area (Å²) in [5, 5.41) is 10.9. The predicted octanol–water partition coefficient (Wildman–Crippen LogP) is 2.37. The molecule has 2 N–H and O–H groups in total. The molecule has 1 aliphatic carbocycles. The third-order valence-corrected chi connectivity index (χ3v) is 3.05. The molecule has 0 aliphatic heterocycles. The average Bonchev–Trinajstić information content (AvgIpc) is 2.82. The van der Waals surface area contributed by atoms with Gasteiger partial charge < -0.3 is 10.5 Å². The second kappa shape index (κ2) is 5.14. The Morgan fingerprint density at radius 2 is 2.12 bits per heavy atom. The van der Waals surface area contributed by atoms with Crippen LogP contribution in [0.5, 0.6) is 5.75 Å². The van der Waals surface area contributed by atoms with Crippen LogP contribution < -0.4 is 10.5 Å². The van der Waals surface area contributed by atoms with Gasteiger partial charge >= 0.3 is 5.69 Å². The highest BCUT2D eigenvalue weighted by Crippen LogP contribution is 2.32. The zero-order valence-corrected chi connectivity index (χ0v) is 9.59. The highest BCUT2D eigenvalue weighted by molar-refractivity contribution is 5.48. The molecule has 1 aliphatic rings. The minimum absolute atomic E-state index is 0.0138. The third kappa shape index (κ3) is 2.74. The summed E-state index contributed by atoms with van der Waals surface area (Å²) in [5.41, 5.74) is 6.23. The van der Waals surface area contributed by atoms with Crippen molar-refractivity contribution in [2.45, 2.75) is 38.3 Å². The van der Waals surface area contributed by atoms with E-state index in [2.05, 4.69) is 0 Å². The van der Waals surface area contributed by atoms with Crippen molar-refractivity contribution in [3.05, 3.63) is 33.9 Å². The highest BCUT2D eigenvalue weighted by Gasteiger charge is 2.22. The van der Waals surface area contributed by atoms with E-state index in [1.807, 2.05) is 0 Å². The van der Waals surface area contributed by atoms with E-state index in [4.69, 9.17) is 10.5 Å². The Morgan fingerprint density at radius 3 is 2.71 bits per heavy atom. The molecule has 1 fully saturated rings. The number of benzene rings is 1. The molecule has 0 heterocycles. The van der Waals surface area contributed by atoms with E-state index in [1.165, 1.54) is 6.07 Å². The molecule has 92 valence electrons. The number of hydrogen-bond donors (Lipinski definition) is 1. The highest BCUT2D eigenvalue weighted by atomic mass is 16.6. The first-order chi connectivity index (χ1) is 8.20. The molecule has 0 atom stereocenters. The van der Waals surface area contributed by atoms with Gasteiger partial charge in [0.1, 0.15) is 0 Å². The fraction of sp³-hybridized carbons (Fsp3) is 0.500. The first kappa shape index (κ1) is 11.9. The molecule has 0 aromatic heterocycles. The maximum absolute atomic E-state index is 10.9. The van der Waals surface area contributed by atoms with Crippen LogP contribution in [0.25, 0.3) is 0 Å². The molecule has 0 bridgehead atoms. The maximum Gasteiger partial charge on any atom is 0.311 e. The zero-order valence-electron chi connectivity index (χ0n) is 9.59. The number of rotatable bonds is 4. The summed E-state index contributed by atoms with van der Waals surface area (Å²) in [7, 11) is 0. The number of ether oxygens (including phenoxy) is 1. The Hall–Kier alpha value is -1.62. The lowest BCUT2D eigenvalue weighted by molar-refractivity contribution is -0.386. The molecular formula is C12H16N2O3. The molecule has 5 nitrogen and oxygen atoms in total.